The Balaban J connectivity index is 1.93. The van der Waals surface area contributed by atoms with Crippen LogP contribution in [0.5, 0.6) is 0 Å². The van der Waals surface area contributed by atoms with E-state index in [2.05, 4.69) is 0 Å². The lowest BCUT2D eigenvalue weighted by molar-refractivity contribution is -0.0948. The number of hydrogen-bond acceptors (Lipinski definition) is 4. The topological polar surface area (TPSA) is 48.0 Å². The standard InChI is InChI=1S/C18H25F2NO4/c1-17(2,3)25-16(22)21-9-15(24-13-18(19,20)12-21)11-23-10-14-7-5-4-6-8-14/h4-8,15H,9-13H2,1-3H3. The van der Waals surface area contributed by atoms with Crippen LogP contribution < -0.4 is 0 Å². The van der Waals surface area contributed by atoms with Gasteiger partial charge in [0, 0.05) is 0 Å². The third-order valence-corrected chi connectivity index (χ3v) is 3.44. The van der Waals surface area contributed by atoms with Crippen LogP contribution in [0.1, 0.15) is 26.3 Å². The summed E-state index contributed by atoms with van der Waals surface area (Å²) in [7, 11) is 0. The van der Waals surface area contributed by atoms with Crippen LogP contribution in [0.4, 0.5) is 13.6 Å². The maximum Gasteiger partial charge on any atom is 0.410 e. The average Bonchev–Trinajstić information content (AvgIpc) is 2.65. The van der Waals surface area contributed by atoms with Gasteiger partial charge >= 0.3 is 6.09 Å². The first-order valence-corrected chi connectivity index (χ1v) is 8.24. The number of carbonyl (C=O) groups excluding carboxylic acids is 1. The minimum atomic E-state index is -3.12. The second kappa shape index (κ2) is 8.10. The van der Waals surface area contributed by atoms with Crippen LogP contribution in [0.2, 0.25) is 0 Å². The first-order chi connectivity index (χ1) is 11.6. The van der Waals surface area contributed by atoms with E-state index in [0.29, 0.717) is 6.61 Å². The first kappa shape index (κ1) is 19.6. The molecule has 5 nitrogen and oxygen atoms in total. The zero-order chi connectivity index (χ0) is 18.5. The van der Waals surface area contributed by atoms with Crippen LogP contribution in [-0.2, 0) is 20.8 Å². The zero-order valence-corrected chi connectivity index (χ0v) is 14.8. The van der Waals surface area contributed by atoms with Crippen molar-refractivity contribution >= 4 is 6.09 Å². The smallest absolute Gasteiger partial charge is 0.410 e. The Morgan fingerprint density at radius 2 is 2.00 bits per heavy atom. The molecule has 1 amide bonds. The number of benzene rings is 1. The summed E-state index contributed by atoms with van der Waals surface area (Å²) in [5, 5.41) is 0. The average molecular weight is 357 g/mol. The quantitative estimate of drug-likeness (QED) is 0.828. The summed E-state index contributed by atoms with van der Waals surface area (Å²) in [6, 6.07) is 9.51. The van der Waals surface area contributed by atoms with Crippen molar-refractivity contribution in [1.82, 2.24) is 4.90 Å². The molecular formula is C18H25F2NO4. The highest BCUT2D eigenvalue weighted by Gasteiger charge is 2.40. The molecule has 0 aliphatic carbocycles. The largest absolute Gasteiger partial charge is 0.444 e. The van der Waals surface area contributed by atoms with Crippen molar-refractivity contribution < 1.29 is 27.8 Å². The van der Waals surface area contributed by atoms with Crippen molar-refractivity contribution in [3.05, 3.63) is 35.9 Å². The van der Waals surface area contributed by atoms with E-state index in [9.17, 15) is 13.6 Å². The van der Waals surface area contributed by atoms with Gasteiger partial charge in [0.2, 0.25) is 0 Å². The Bertz CT molecular complexity index is 560. The third kappa shape index (κ3) is 6.96. The molecule has 140 valence electrons. The highest BCUT2D eigenvalue weighted by Crippen LogP contribution is 2.23. The molecule has 0 N–H and O–H groups in total. The van der Waals surface area contributed by atoms with E-state index in [1.807, 2.05) is 30.3 Å². The summed E-state index contributed by atoms with van der Waals surface area (Å²) in [4.78, 5) is 13.2. The van der Waals surface area contributed by atoms with Gasteiger partial charge in [0.15, 0.2) is 0 Å². The SMILES string of the molecule is CC(C)(C)OC(=O)N1CC(COCc2ccccc2)OCC(F)(F)C1. The van der Waals surface area contributed by atoms with Gasteiger partial charge in [-0.3, -0.25) is 4.90 Å². The van der Waals surface area contributed by atoms with E-state index < -0.39 is 36.9 Å². The number of carbonyl (C=O) groups is 1. The summed E-state index contributed by atoms with van der Waals surface area (Å²) >= 11 is 0. The normalized spacial score (nSPS) is 20.8. The van der Waals surface area contributed by atoms with Gasteiger partial charge in [-0.25, -0.2) is 13.6 Å². The molecule has 0 aromatic heterocycles. The van der Waals surface area contributed by atoms with Crippen molar-refractivity contribution in [2.24, 2.45) is 0 Å². The zero-order valence-electron chi connectivity index (χ0n) is 14.8. The number of nitrogens with zero attached hydrogens (tertiary/aromatic N) is 1. The number of halogens is 2. The molecule has 1 heterocycles. The fourth-order valence-corrected chi connectivity index (χ4v) is 2.38. The Morgan fingerprint density at radius 1 is 1.32 bits per heavy atom. The van der Waals surface area contributed by atoms with Crippen LogP contribution in [0.3, 0.4) is 0 Å². The van der Waals surface area contributed by atoms with E-state index in [0.717, 1.165) is 10.5 Å². The van der Waals surface area contributed by atoms with Gasteiger partial charge in [-0.2, -0.15) is 0 Å². The highest BCUT2D eigenvalue weighted by molar-refractivity contribution is 5.68. The maximum atomic E-state index is 13.9. The molecule has 0 spiro atoms. The molecule has 1 fully saturated rings. The maximum absolute atomic E-state index is 13.9. The summed E-state index contributed by atoms with van der Waals surface area (Å²) in [6.45, 7) is 4.07. The van der Waals surface area contributed by atoms with Crippen LogP contribution >= 0.6 is 0 Å². The van der Waals surface area contributed by atoms with Crippen molar-refractivity contribution in [1.29, 1.82) is 0 Å². The molecular weight excluding hydrogens is 332 g/mol. The highest BCUT2D eigenvalue weighted by atomic mass is 19.3. The monoisotopic (exact) mass is 357 g/mol. The van der Waals surface area contributed by atoms with Gasteiger partial charge in [-0.05, 0) is 26.3 Å². The van der Waals surface area contributed by atoms with Crippen molar-refractivity contribution in [2.75, 3.05) is 26.3 Å². The van der Waals surface area contributed by atoms with Gasteiger partial charge in [0.25, 0.3) is 5.92 Å². The van der Waals surface area contributed by atoms with Gasteiger partial charge < -0.3 is 14.2 Å². The van der Waals surface area contributed by atoms with Crippen molar-refractivity contribution in [3.8, 4) is 0 Å². The molecule has 1 aromatic rings. The van der Waals surface area contributed by atoms with Crippen molar-refractivity contribution in [2.45, 2.75) is 45.0 Å². The second-order valence-corrected chi connectivity index (χ2v) is 7.15. The first-order valence-electron chi connectivity index (χ1n) is 8.24. The molecule has 1 atom stereocenters. The number of ether oxygens (including phenoxy) is 3. The number of alkyl halides is 2. The summed E-state index contributed by atoms with van der Waals surface area (Å²) in [6.07, 6.45) is -1.41. The number of hydrogen-bond donors (Lipinski definition) is 0. The van der Waals surface area contributed by atoms with E-state index >= 15 is 0 Å². The number of rotatable bonds is 4. The molecule has 7 heteroatoms. The predicted octanol–water partition coefficient (Wildman–Crippen LogP) is 3.47. The Hall–Kier alpha value is -1.73. The van der Waals surface area contributed by atoms with Gasteiger partial charge in [-0.1, -0.05) is 30.3 Å². The lowest BCUT2D eigenvalue weighted by atomic mass is 10.2. The molecule has 1 aromatic carbocycles. The van der Waals surface area contributed by atoms with E-state index in [4.69, 9.17) is 14.2 Å². The Kier molecular flexibility index (Phi) is 6.35. The van der Waals surface area contributed by atoms with Crippen molar-refractivity contribution in [3.63, 3.8) is 0 Å². The molecule has 0 bridgehead atoms. The number of amides is 1. The molecule has 25 heavy (non-hydrogen) atoms. The molecule has 1 saturated heterocycles. The molecule has 1 unspecified atom stereocenters. The minimum absolute atomic E-state index is 0.000701. The fourth-order valence-electron chi connectivity index (χ4n) is 2.38. The van der Waals surface area contributed by atoms with Gasteiger partial charge in [0.1, 0.15) is 12.2 Å². The lowest BCUT2D eigenvalue weighted by Gasteiger charge is -2.28. The third-order valence-electron chi connectivity index (χ3n) is 3.44. The Morgan fingerprint density at radius 3 is 2.64 bits per heavy atom. The summed E-state index contributed by atoms with van der Waals surface area (Å²) < 4.78 is 43.7. The summed E-state index contributed by atoms with van der Waals surface area (Å²) in [5.41, 5.74) is 0.226. The Labute approximate surface area is 146 Å². The predicted molar refractivity (Wildman–Crippen MR) is 88.6 cm³/mol. The van der Waals surface area contributed by atoms with Gasteiger partial charge in [-0.15, -0.1) is 0 Å². The van der Waals surface area contributed by atoms with Crippen LogP contribution in [0.25, 0.3) is 0 Å². The fraction of sp³-hybridized carbons (Fsp3) is 0.611. The van der Waals surface area contributed by atoms with E-state index in [1.165, 1.54) is 0 Å². The summed E-state index contributed by atoms with van der Waals surface area (Å²) in [5.74, 6) is -3.12. The lowest BCUT2D eigenvalue weighted by Crippen LogP contribution is -2.45. The molecule has 2 rings (SSSR count). The minimum Gasteiger partial charge on any atom is -0.444 e. The van der Waals surface area contributed by atoms with Crippen LogP contribution in [-0.4, -0.2) is 54.9 Å². The van der Waals surface area contributed by atoms with E-state index in [1.54, 1.807) is 20.8 Å². The van der Waals surface area contributed by atoms with Gasteiger partial charge in [0.05, 0.1) is 32.4 Å². The molecule has 0 radical (unpaired) electrons. The second-order valence-electron chi connectivity index (χ2n) is 7.15. The van der Waals surface area contributed by atoms with E-state index in [-0.39, 0.29) is 13.2 Å². The molecule has 0 saturated carbocycles. The molecule has 1 aliphatic rings. The molecule has 1 aliphatic heterocycles. The van der Waals surface area contributed by atoms with Crippen LogP contribution in [0.15, 0.2) is 30.3 Å². The van der Waals surface area contributed by atoms with Crippen LogP contribution in [0, 0.1) is 0 Å².